The number of H-pyrrole nitrogens is 1. The highest BCUT2D eigenvalue weighted by molar-refractivity contribution is 5.94. The summed E-state index contributed by atoms with van der Waals surface area (Å²) in [7, 11) is 1.85. The summed E-state index contributed by atoms with van der Waals surface area (Å²) in [4.78, 5) is 16.8. The first kappa shape index (κ1) is 16.0. The average Bonchev–Trinajstić information content (AvgIpc) is 2.90. The summed E-state index contributed by atoms with van der Waals surface area (Å²) in [5.74, 6) is 0.146. The predicted molar refractivity (Wildman–Crippen MR) is 89.7 cm³/mol. The Kier molecular flexibility index (Phi) is 2.90. The van der Waals surface area contributed by atoms with Gasteiger partial charge in [-0.3, -0.25) is 9.89 Å². The molecule has 1 aromatic carbocycles. The van der Waals surface area contributed by atoms with Gasteiger partial charge in [0.2, 0.25) is 5.91 Å². The van der Waals surface area contributed by atoms with Crippen molar-refractivity contribution in [1.82, 2.24) is 15.1 Å². The Hall–Kier alpha value is -2.25. The molecule has 1 aromatic heterocycles. The van der Waals surface area contributed by atoms with Gasteiger partial charge in [0.1, 0.15) is 0 Å². The van der Waals surface area contributed by atoms with Gasteiger partial charge in [-0.25, -0.2) is 0 Å². The highest BCUT2D eigenvalue weighted by atomic mass is 19.4. The molecule has 6 aliphatic rings. The van der Waals surface area contributed by atoms with Crippen molar-refractivity contribution in [3.63, 3.8) is 0 Å². The molecule has 5 aliphatic heterocycles. The van der Waals surface area contributed by atoms with Crippen molar-refractivity contribution < 1.29 is 18.0 Å². The van der Waals surface area contributed by atoms with Crippen LogP contribution in [0.2, 0.25) is 0 Å². The minimum atomic E-state index is -4.43. The molecular formula is C18H19F3N4O. The van der Waals surface area contributed by atoms with Gasteiger partial charge in [-0.1, -0.05) is 0 Å². The normalized spacial score (nSPS) is 31.2. The zero-order valence-corrected chi connectivity index (χ0v) is 14.4. The topological polar surface area (TPSA) is 52.2 Å². The Balaban J connectivity index is 1.68. The Morgan fingerprint density at radius 1 is 1.15 bits per heavy atom. The number of nitrogens with one attached hydrogen (secondary N) is 1. The molecule has 1 aliphatic carbocycles. The van der Waals surface area contributed by atoms with Gasteiger partial charge in [-0.15, -0.1) is 0 Å². The van der Waals surface area contributed by atoms with Crippen LogP contribution in [0.15, 0.2) is 18.3 Å². The molecule has 2 aromatic rings. The third-order valence-corrected chi connectivity index (χ3v) is 6.79. The molecule has 138 valence electrons. The van der Waals surface area contributed by atoms with Crippen molar-refractivity contribution in [2.45, 2.75) is 37.4 Å². The molecule has 5 nitrogen and oxygen atoms in total. The summed E-state index contributed by atoms with van der Waals surface area (Å²) in [6, 6.07) is 2.31. The first-order valence-electron chi connectivity index (χ1n) is 8.82. The average molecular weight is 364 g/mol. The monoisotopic (exact) mass is 364 g/mol. The molecule has 1 amide bonds. The van der Waals surface area contributed by atoms with Gasteiger partial charge >= 0.3 is 6.18 Å². The molecule has 0 radical (unpaired) electrons. The van der Waals surface area contributed by atoms with Gasteiger partial charge in [0.15, 0.2) is 0 Å². The van der Waals surface area contributed by atoms with E-state index >= 15 is 0 Å². The molecule has 6 fully saturated rings. The number of hydrogen-bond acceptors (Lipinski definition) is 3. The number of hydrogen-bond donors (Lipinski definition) is 1. The lowest BCUT2D eigenvalue weighted by Gasteiger charge is -2.54. The van der Waals surface area contributed by atoms with E-state index in [2.05, 4.69) is 10.2 Å². The van der Waals surface area contributed by atoms with Crippen molar-refractivity contribution in [2.24, 2.45) is 5.41 Å². The zero-order chi connectivity index (χ0) is 18.3. The van der Waals surface area contributed by atoms with Crippen LogP contribution < -0.4 is 4.90 Å². The molecule has 5 saturated heterocycles. The molecule has 6 heterocycles. The van der Waals surface area contributed by atoms with Crippen LogP contribution in [0, 0.1) is 5.41 Å². The molecule has 0 unspecified atom stereocenters. The molecule has 0 spiro atoms. The van der Waals surface area contributed by atoms with Gasteiger partial charge in [0, 0.05) is 31.2 Å². The second-order valence-electron chi connectivity index (χ2n) is 8.05. The molecule has 2 bridgehead atoms. The molecule has 8 rings (SSSR count). The van der Waals surface area contributed by atoms with Crippen LogP contribution >= 0.6 is 0 Å². The number of aromatic nitrogens is 2. The zero-order valence-electron chi connectivity index (χ0n) is 14.4. The number of benzene rings is 1. The number of piperidine rings is 2. The van der Waals surface area contributed by atoms with Crippen molar-refractivity contribution in [1.29, 1.82) is 0 Å². The number of carbonyl (C=O) groups is 1. The van der Waals surface area contributed by atoms with Gasteiger partial charge < -0.3 is 9.80 Å². The summed E-state index contributed by atoms with van der Waals surface area (Å²) >= 11 is 0. The van der Waals surface area contributed by atoms with E-state index in [-0.39, 0.29) is 11.4 Å². The fourth-order valence-corrected chi connectivity index (χ4v) is 5.21. The molecule has 26 heavy (non-hydrogen) atoms. The van der Waals surface area contributed by atoms with Gasteiger partial charge in [-0.05, 0) is 37.8 Å². The molecular weight excluding hydrogens is 345 g/mol. The number of carbonyl (C=O) groups excluding carboxylic acids is 1. The van der Waals surface area contributed by atoms with Crippen molar-refractivity contribution in [3.05, 3.63) is 23.9 Å². The Labute approximate surface area is 148 Å². The highest BCUT2D eigenvalue weighted by Gasteiger charge is 2.61. The maximum atomic E-state index is 13.4. The van der Waals surface area contributed by atoms with Crippen molar-refractivity contribution >= 4 is 22.5 Å². The Morgan fingerprint density at radius 3 is 2.58 bits per heavy atom. The third kappa shape index (κ3) is 1.92. The fraction of sp³-hybridized carbons (Fsp3) is 0.556. The lowest BCUT2D eigenvalue weighted by atomic mass is 9.63. The van der Waals surface area contributed by atoms with Crippen molar-refractivity contribution in [2.75, 3.05) is 25.0 Å². The van der Waals surface area contributed by atoms with Gasteiger partial charge in [-0.2, -0.15) is 18.3 Å². The van der Waals surface area contributed by atoms with E-state index in [1.807, 2.05) is 16.8 Å². The van der Waals surface area contributed by atoms with E-state index in [1.54, 1.807) is 6.20 Å². The maximum Gasteiger partial charge on any atom is 0.416 e. The van der Waals surface area contributed by atoms with Crippen LogP contribution in [-0.4, -0.2) is 46.7 Å². The van der Waals surface area contributed by atoms with E-state index in [1.165, 1.54) is 6.07 Å². The number of halogens is 3. The third-order valence-electron chi connectivity index (χ3n) is 6.79. The van der Waals surface area contributed by atoms with Gasteiger partial charge in [0.05, 0.1) is 28.2 Å². The molecule has 8 heteroatoms. The van der Waals surface area contributed by atoms with Crippen LogP contribution in [0.3, 0.4) is 0 Å². The number of anilines is 1. The largest absolute Gasteiger partial charge is 0.416 e. The molecule has 1 saturated carbocycles. The lowest BCUT2D eigenvalue weighted by Crippen LogP contribution is -2.63. The number of amides is 1. The van der Waals surface area contributed by atoms with Crippen LogP contribution in [0.5, 0.6) is 0 Å². The second kappa shape index (κ2) is 4.72. The summed E-state index contributed by atoms with van der Waals surface area (Å²) in [6.45, 7) is 1.04. The number of rotatable bonds is 1. The van der Waals surface area contributed by atoms with Crippen LogP contribution in [0.1, 0.15) is 31.2 Å². The first-order valence-corrected chi connectivity index (χ1v) is 8.82. The van der Waals surface area contributed by atoms with Crippen LogP contribution in [0.4, 0.5) is 18.9 Å². The predicted octanol–water partition coefficient (Wildman–Crippen LogP) is 3.17. The second-order valence-corrected chi connectivity index (χ2v) is 8.05. The lowest BCUT2D eigenvalue weighted by molar-refractivity contribution is -0.160. The summed E-state index contributed by atoms with van der Waals surface area (Å²) in [6.07, 6.45) is 0.611. The van der Waals surface area contributed by atoms with E-state index in [4.69, 9.17) is 0 Å². The maximum absolute atomic E-state index is 13.4. The van der Waals surface area contributed by atoms with E-state index in [0.29, 0.717) is 29.7 Å². The number of fused-ring (bicyclic) bond motifs is 1. The Bertz CT molecular complexity index is 911. The Morgan fingerprint density at radius 2 is 1.88 bits per heavy atom. The number of aromatic amines is 1. The smallest absolute Gasteiger partial charge is 0.367 e. The van der Waals surface area contributed by atoms with Crippen molar-refractivity contribution in [3.8, 4) is 0 Å². The van der Waals surface area contributed by atoms with Gasteiger partial charge in [0.25, 0.3) is 0 Å². The van der Waals surface area contributed by atoms with E-state index < -0.39 is 17.2 Å². The summed E-state index contributed by atoms with van der Waals surface area (Å²) < 4.78 is 40.2. The SMILES string of the molecule is CN1C(=O)C23CCC1(CC2)CN(c1cc(C(F)(F)F)cc2[nH]ncc12)C3. The standard InChI is InChI=1S/C18H19F3N4O/c1-24-15(26)16-2-4-17(24,5-3-16)10-25(9-16)14-7-11(18(19,20)21)6-13-12(14)8-22-23-13/h6-8H,2-5,9-10H2,1H3,(H,22,23). The first-order chi connectivity index (χ1) is 12.2. The number of nitrogens with zero attached hydrogens (tertiary/aromatic N) is 3. The highest BCUT2D eigenvalue weighted by Crippen LogP contribution is 2.55. The minimum absolute atomic E-state index is 0.146. The van der Waals surface area contributed by atoms with Crippen LogP contribution in [-0.2, 0) is 11.0 Å². The summed E-state index contributed by atoms with van der Waals surface area (Å²) in [5.41, 5.74) is -0.558. The molecule has 1 N–H and O–H groups in total. The molecule has 0 atom stereocenters. The van der Waals surface area contributed by atoms with E-state index in [0.717, 1.165) is 31.7 Å². The minimum Gasteiger partial charge on any atom is -0.367 e. The number of likely N-dealkylation sites (N-methyl/N-ethyl adjacent to an activating group) is 1. The quantitative estimate of drug-likeness (QED) is 0.846. The number of alkyl halides is 3. The van der Waals surface area contributed by atoms with Crippen LogP contribution in [0.25, 0.3) is 10.9 Å². The summed E-state index contributed by atoms with van der Waals surface area (Å²) in [5, 5.41) is 7.27. The van der Waals surface area contributed by atoms with E-state index in [9.17, 15) is 18.0 Å². The fourth-order valence-electron chi connectivity index (χ4n) is 5.21.